The van der Waals surface area contributed by atoms with E-state index in [-0.39, 0.29) is 36.5 Å². The molecule has 4 saturated heterocycles. The summed E-state index contributed by atoms with van der Waals surface area (Å²) in [6, 6.07) is 7.82. The zero-order chi connectivity index (χ0) is 19.8. The summed E-state index contributed by atoms with van der Waals surface area (Å²) in [6.07, 6.45) is 3.28. The summed E-state index contributed by atoms with van der Waals surface area (Å²) in [6.45, 7) is 2.46. The first-order chi connectivity index (χ1) is 13.5. The third kappa shape index (κ3) is 1.72. The molecule has 0 saturated carbocycles. The molecule has 148 valence electrons. The van der Waals surface area contributed by atoms with Crippen LogP contribution >= 0.6 is 0 Å². The zero-order valence-corrected chi connectivity index (χ0v) is 16.5. The number of benzene rings is 1. The van der Waals surface area contributed by atoms with Crippen LogP contribution in [0, 0.1) is 11.3 Å². The number of hydrogen-bond donors (Lipinski definition) is 1. The van der Waals surface area contributed by atoms with Gasteiger partial charge in [0.05, 0.1) is 19.1 Å². The summed E-state index contributed by atoms with van der Waals surface area (Å²) in [5, 5.41) is 10.5. The van der Waals surface area contributed by atoms with Crippen molar-refractivity contribution >= 4 is 17.6 Å². The topological polar surface area (TPSA) is 70.1 Å². The quantitative estimate of drug-likeness (QED) is 0.620. The van der Waals surface area contributed by atoms with Gasteiger partial charge in [0.2, 0.25) is 5.91 Å². The van der Waals surface area contributed by atoms with E-state index in [2.05, 4.69) is 17.0 Å². The molecule has 5 aliphatic heterocycles. The molecule has 1 N–H and O–H groups in total. The highest BCUT2D eigenvalue weighted by Crippen LogP contribution is 2.65. The average molecular weight is 382 g/mol. The van der Waals surface area contributed by atoms with E-state index in [0.717, 1.165) is 23.4 Å². The summed E-state index contributed by atoms with van der Waals surface area (Å²) in [5.74, 6) is -0.357. The zero-order valence-electron chi connectivity index (χ0n) is 16.5. The molecule has 1 amide bonds. The number of likely N-dealkylation sites (N-methyl/N-ethyl adjacent to an activating group) is 1. The fourth-order valence-corrected chi connectivity index (χ4v) is 6.79. The van der Waals surface area contributed by atoms with E-state index >= 15 is 0 Å². The number of hydrogen-bond acceptors (Lipinski definition) is 5. The molecule has 0 radical (unpaired) electrons. The third-order valence-electron chi connectivity index (χ3n) is 8.00. The predicted octanol–water partition coefficient (Wildman–Crippen LogP) is 1.48. The summed E-state index contributed by atoms with van der Waals surface area (Å²) < 4.78 is 5.20. The number of piperidine rings is 3. The Balaban J connectivity index is 1.72. The van der Waals surface area contributed by atoms with E-state index in [1.807, 2.05) is 32.2 Å². The number of rotatable bonds is 2. The largest absolute Gasteiger partial charge is 0.468 e. The number of ether oxygens (including phenoxy) is 1. The molecule has 6 nitrogen and oxygen atoms in total. The highest BCUT2D eigenvalue weighted by atomic mass is 16.5. The second-order valence-corrected chi connectivity index (χ2v) is 8.60. The molecule has 4 fully saturated rings. The van der Waals surface area contributed by atoms with Gasteiger partial charge in [0.25, 0.3) is 0 Å². The predicted molar refractivity (Wildman–Crippen MR) is 104 cm³/mol. The molecule has 6 heteroatoms. The lowest BCUT2D eigenvalue weighted by atomic mass is 9.60. The minimum absolute atomic E-state index is 0.0362. The van der Waals surface area contributed by atoms with Crippen LogP contribution in [0.1, 0.15) is 25.3 Å². The molecule has 6 rings (SSSR count). The molecule has 4 bridgehead atoms. The van der Waals surface area contributed by atoms with Crippen molar-refractivity contribution in [3.8, 4) is 0 Å². The van der Waals surface area contributed by atoms with Gasteiger partial charge in [-0.15, -0.1) is 0 Å². The van der Waals surface area contributed by atoms with E-state index < -0.39 is 10.8 Å². The normalized spacial score (nSPS) is 41.8. The molecular weight excluding hydrogens is 356 g/mol. The molecule has 1 aromatic rings. The average Bonchev–Trinajstić information content (AvgIpc) is 3.13. The molecule has 5 heterocycles. The maximum Gasteiger partial charge on any atom is 0.316 e. The number of allylic oxidation sites excluding steroid dienone is 1. The van der Waals surface area contributed by atoms with Gasteiger partial charge in [-0.2, -0.15) is 0 Å². The van der Waals surface area contributed by atoms with Crippen LogP contribution in [0.5, 0.6) is 0 Å². The number of fused-ring (bicyclic) bond motifs is 3. The third-order valence-corrected chi connectivity index (χ3v) is 8.00. The number of carbonyl (C=O) groups excluding carboxylic acids is 2. The molecule has 5 aliphatic rings. The Morgan fingerprint density at radius 3 is 2.79 bits per heavy atom. The number of aliphatic hydroxyl groups is 1. The summed E-state index contributed by atoms with van der Waals surface area (Å²) >= 11 is 0. The Morgan fingerprint density at radius 1 is 1.36 bits per heavy atom. The molecule has 1 unspecified atom stereocenters. The monoisotopic (exact) mass is 382 g/mol. The van der Waals surface area contributed by atoms with Gasteiger partial charge in [-0.1, -0.05) is 29.8 Å². The van der Waals surface area contributed by atoms with Crippen molar-refractivity contribution in [1.29, 1.82) is 0 Å². The Bertz CT molecular complexity index is 912. The Labute approximate surface area is 164 Å². The van der Waals surface area contributed by atoms with E-state index in [1.165, 1.54) is 7.11 Å². The second-order valence-electron chi connectivity index (χ2n) is 8.60. The summed E-state index contributed by atoms with van der Waals surface area (Å²) in [5.41, 5.74) is 1.51. The van der Waals surface area contributed by atoms with Crippen molar-refractivity contribution in [2.24, 2.45) is 11.3 Å². The van der Waals surface area contributed by atoms with Crippen LogP contribution in [-0.2, 0) is 19.7 Å². The van der Waals surface area contributed by atoms with Gasteiger partial charge in [0.1, 0.15) is 5.41 Å². The molecule has 0 aromatic heterocycles. The van der Waals surface area contributed by atoms with Crippen LogP contribution in [0.2, 0.25) is 0 Å². The van der Waals surface area contributed by atoms with Crippen LogP contribution in [0.3, 0.4) is 0 Å². The van der Waals surface area contributed by atoms with E-state index in [4.69, 9.17) is 4.74 Å². The van der Waals surface area contributed by atoms with Crippen molar-refractivity contribution in [1.82, 2.24) is 4.90 Å². The van der Waals surface area contributed by atoms with E-state index in [1.54, 1.807) is 4.90 Å². The lowest BCUT2D eigenvalue weighted by Crippen LogP contribution is -2.67. The fraction of sp³-hybridized carbons (Fsp3) is 0.545. The standard InChI is InChI=1S/C22H26N2O4/c1-4-13-11-24-17-9-15(13)22(12-25,20(27)28-3)18(24)10-21(17)14-7-5-6-8-16(14)23(2)19(21)26/h4-8,15,17-18,25H,9-12H2,1-3H3/t15-,17+,18+,21+,22+/m1/s1. The van der Waals surface area contributed by atoms with Gasteiger partial charge in [-0.25, -0.2) is 0 Å². The molecule has 1 spiro atoms. The minimum Gasteiger partial charge on any atom is -0.468 e. The molecule has 28 heavy (non-hydrogen) atoms. The van der Waals surface area contributed by atoms with Gasteiger partial charge in [-0.05, 0) is 31.4 Å². The van der Waals surface area contributed by atoms with Crippen LogP contribution < -0.4 is 4.90 Å². The van der Waals surface area contributed by atoms with Crippen LogP contribution in [0.4, 0.5) is 5.69 Å². The van der Waals surface area contributed by atoms with Crippen LogP contribution in [0.25, 0.3) is 0 Å². The van der Waals surface area contributed by atoms with Gasteiger partial charge < -0.3 is 14.7 Å². The van der Waals surface area contributed by atoms with Gasteiger partial charge in [-0.3, -0.25) is 14.5 Å². The first kappa shape index (κ1) is 17.9. The number of amides is 1. The fourth-order valence-electron chi connectivity index (χ4n) is 6.79. The van der Waals surface area contributed by atoms with Crippen molar-refractivity contribution in [3.05, 3.63) is 41.5 Å². The highest BCUT2D eigenvalue weighted by molar-refractivity contribution is 6.09. The Morgan fingerprint density at radius 2 is 2.11 bits per heavy atom. The first-order valence-electron chi connectivity index (χ1n) is 9.95. The summed E-state index contributed by atoms with van der Waals surface area (Å²) in [7, 11) is 3.22. The van der Waals surface area contributed by atoms with Gasteiger partial charge >= 0.3 is 5.97 Å². The minimum atomic E-state index is -1.01. The maximum atomic E-state index is 13.6. The number of aliphatic hydroxyl groups excluding tert-OH is 1. The van der Waals surface area contributed by atoms with Crippen LogP contribution in [0.15, 0.2) is 35.9 Å². The molecule has 6 atom stereocenters. The molecular formula is C22H26N2O4. The first-order valence-corrected chi connectivity index (χ1v) is 9.95. The second kappa shape index (κ2) is 5.67. The maximum absolute atomic E-state index is 13.6. The number of esters is 1. The smallest absolute Gasteiger partial charge is 0.316 e. The number of carbonyl (C=O) groups is 2. The van der Waals surface area contributed by atoms with Crippen molar-refractivity contribution in [2.45, 2.75) is 37.3 Å². The number of methoxy groups -OCH3 is 1. The Kier molecular flexibility index (Phi) is 3.62. The lowest BCUT2D eigenvalue weighted by molar-refractivity contribution is -0.175. The van der Waals surface area contributed by atoms with Crippen molar-refractivity contribution < 1.29 is 19.4 Å². The van der Waals surface area contributed by atoms with E-state index in [9.17, 15) is 14.7 Å². The SMILES string of the molecule is CC=C1CN2[C@H]3C[C@@]4(C(=O)N(C)c5ccccc54)[C@@H]2C[C@H]1[C@]3(CO)C(=O)OC. The molecule has 1 aromatic carbocycles. The van der Waals surface area contributed by atoms with Crippen LogP contribution in [-0.4, -0.2) is 61.3 Å². The number of anilines is 1. The summed E-state index contributed by atoms with van der Waals surface area (Å²) in [4.78, 5) is 30.7. The number of para-hydroxylation sites is 1. The van der Waals surface area contributed by atoms with Gasteiger partial charge in [0.15, 0.2) is 0 Å². The van der Waals surface area contributed by atoms with Crippen molar-refractivity contribution in [3.63, 3.8) is 0 Å². The van der Waals surface area contributed by atoms with E-state index in [0.29, 0.717) is 12.8 Å². The highest BCUT2D eigenvalue weighted by Gasteiger charge is 2.74. The number of nitrogens with zero attached hydrogens (tertiary/aromatic N) is 2. The molecule has 0 aliphatic carbocycles. The van der Waals surface area contributed by atoms with Gasteiger partial charge in [0, 0.05) is 37.3 Å². The lowest BCUT2D eigenvalue weighted by Gasteiger charge is -2.57. The van der Waals surface area contributed by atoms with Crippen molar-refractivity contribution in [2.75, 3.05) is 32.2 Å². The Hall–Kier alpha value is -2.18.